The lowest BCUT2D eigenvalue weighted by Gasteiger charge is -2.21. The molecule has 7 heteroatoms. The lowest BCUT2D eigenvalue weighted by molar-refractivity contribution is -0.143. The number of nitrogens with zero attached hydrogens (tertiary/aromatic N) is 3. The van der Waals surface area contributed by atoms with Crippen LogP contribution in [0.3, 0.4) is 0 Å². The Bertz CT molecular complexity index is 1290. The highest BCUT2D eigenvalue weighted by atomic mass is 32.1. The summed E-state index contributed by atoms with van der Waals surface area (Å²) in [6.07, 6.45) is 2.25. The Morgan fingerprint density at radius 2 is 2.10 bits per heavy atom. The summed E-state index contributed by atoms with van der Waals surface area (Å²) in [4.78, 5) is 26.8. The maximum atomic E-state index is 12.5. The lowest BCUT2D eigenvalue weighted by atomic mass is 9.90. The van der Waals surface area contributed by atoms with Gasteiger partial charge in [-0.3, -0.25) is 4.79 Å². The van der Waals surface area contributed by atoms with Gasteiger partial charge in [0.2, 0.25) is 0 Å². The number of likely N-dealkylation sites (tertiary alicyclic amines) is 1. The highest BCUT2D eigenvalue weighted by molar-refractivity contribution is 7.13. The van der Waals surface area contributed by atoms with Gasteiger partial charge in [0.1, 0.15) is 10.7 Å². The first-order valence-corrected chi connectivity index (χ1v) is 10.7. The van der Waals surface area contributed by atoms with E-state index < -0.39 is 5.60 Å². The molecule has 1 amide bonds. The monoisotopic (exact) mass is 418 g/mol. The average molecular weight is 419 g/mol. The standard InChI is InChI=1S/C23H22N4O2S/c1-13-9-17-19(14(2)25-20(17)24-11-13)21-26-18(12-30-21)15-5-4-6-16(10-15)23(29)7-8-27(3)22(23)28/h4-6,9-12,29H,7-8H2,1-3H3,(H,24,25). The Labute approximate surface area is 178 Å². The van der Waals surface area contributed by atoms with E-state index in [1.807, 2.05) is 49.7 Å². The van der Waals surface area contributed by atoms with Gasteiger partial charge in [-0.1, -0.05) is 18.2 Å². The molecule has 30 heavy (non-hydrogen) atoms. The highest BCUT2D eigenvalue weighted by Crippen LogP contribution is 2.38. The normalized spacial score (nSPS) is 19.2. The molecule has 5 rings (SSSR count). The first-order valence-electron chi connectivity index (χ1n) is 9.86. The number of hydrogen-bond acceptors (Lipinski definition) is 5. The van der Waals surface area contributed by atoms with Crippen molar-refractivity contribution in [2.24, 2.45) is 0 Å². The molecule has 1 unspecified atom stereocenters. The number of carbonyl (C=O) groups is 1. The zero-order valence-corrected chi connectivity index (χ0v) is 17.9. The maximum absolute atomic E-state index is 12.5. The SMILES string of the molecule is Cc1cnc2[nH]c(C)c(-c3nc(-c4cccc(C5(O)CCN(C)C5=O)c4)cs3)c2c1. The third kappa shape index (κ3) is 2.85. The molecule has 0 spiro atoms. The summed E-state index contributed by atoms with van der Waals surface area (Å²) < 4.78 is 0. The van der Waals surface area contributed by atoms with Crippen LogP contribution < -0.4 is 0 Å². The average Bonchev–Trinajstić information content (AvgIpc) is 3.41. The van der Waals surface area contributed by atoms with E-state index in [1.54, 1.807) is 23.3 Å². The molecule has 2 N–H and O–H groups in total. The number of hydrogen-bond donors (Lipinski definition) is 2. The maximum Gasteiger partial charge on any atom is 0.258 e. The van der Waals surface area contributed by atoms with E-state index in [2.05, 4.69) is 16.0 Å². The van der Waals surface area contributed by atoms with Crippen LogP contribution >= 0.6 is 11.3 Å². The number of aliphatic hydroxyl groups is 1. The first-order chi connectivity index (χ1) is 14.4. The van der Waals surface area contributed by atoms with Crippen molar-refractivity contribution >= 4 is 28.3 Å². The van der Waals surface area contributed by atoms with Crippen molar-refractivity contribution in [3.63, 3.8) is 0 Å². The fourth-order valence-electron chi connectivity index (χ4n) is 4.16. The zero-order chi connectivity index (χ0) is 21.0. The number of aromatic nitrogens is 3. The van der Waals surface area contributed by atoms with E-state index in [4.69, 9.17) is 4.98 Å². The van der Waals surface area contributed by atoms with Crippen LogP contribution in [0.5, 0.6) is 0 Å². The van der Waals surface area contributed by atoms with Gasteiger partial charge in [0.05, 0.1) is 5.69 Å². The van der Waals surface area contributed by atoms with Gasteiger partial charge in [-0.25, -0.2) is 9.97 Å². The molecular weight excluding hydrogens is 396 g/mol. The topological polar surface area (TPSA) is 82.1 Å². The molecule has 0 saturated carbocycles. The van der Waals surface area contributed by atoms with Crippen molar-refractivity contribution < 1.29 is 9.90 Å². The van der Waals surface area contributed by atoms with Gasteiger partial charge in [0.25, 0.3) is 5.91 Å². The Kier molecular flexibility index (Phi) is 4.27. The number of aromatic amines is 1. The number of pyridine rings is 1. The van der Waals surface area contributed by atoms with Crippen molar-refractivity contribution in [2.75, 3.05) is 13.6 Å². The summed E-state index contributed by atoms with van der Waals surface area (Å²) in [6.45, 7) is 4.61. The molecule has 6 nitrogen and oxygen atoms in total. The van der Waals surface area contributed by atoms with Crippen LogP contribution in [-0.4, -0.2) is 44.5 Å². The van der Waals surface area contributed by atoms with Crippen LogP contribution in [0.4, 0.5) is 0 Å². The molecule has 1 atom stereocenters. The molecule has 4 aromatic rings. The molecule has 3 aromatic heterocycles. The largest absolute Gasteiger partial charge is 0.375 e. The zero-order valence-electron chi connectivity index (χ0n) is 17.1. The molecule has 4 heterocycles. The minimum absolute atomic E-state index is 0.254. The third-order valence-electron chi connectivity index (χ3n) is 5.84. The van der Waals surface area contributed by atoms with Gasteiger partial charge in [0, 0.05) is 53.8 Å². The Morgan fingerprint density at radius 1 is 1.27 bits per heavy atom. The lowest BCUT2D eigenvalue weighted by Crippen LogP contribution is -2.36. The van der Waals surface area contributed by atoms with Crippen molar-refractivity contribution in [3.05, 3.63) is 58.7 Å². The van der Waals surface area contributed by atoms with Crippen LogP contribution in [-0.2, 0) is 10.4 Å². The summed E-state index contributed by atoms with van der Waals surface area (Å²) >= 11 is 1.58. The molecular formula is C23H22N4O2S. The van der Waals surface area contributed by atoms with Crippen LogP contribution in [0.25, 0.3) is 32.9 Å². The fourth-order valence-corrected chi connectivity index (χ4v) is 5.10. The van der Waals surface area contributed by atoms with E-state index in [0.29, 0.717) is 18.5 Å². The number of H-pyrrole nitrogens is 1. The van der Waals surface area contributed by atoms with Gasteiger partial charge in [-0.15, -0.1) is 11.3 Å². The molecule has 1 fully saturated rings. The summed E-state index contributed by atoms with van der Waals surface area (Å²) in [5, 5.41) is 15.0. The van der Waals surface area contributed by atoms with Crippen LogP contribution in [0.15, 0.2) is 41.9 Å². The Hall–Kier alpha value is -3.03. The second-order valence-electron chi connectivity index (χ2n) is 7.99. The predicted molar refractivity (Wildman–Crippen MR) is 118 cm³/mol. The minimum atomic E-state index is -1.46. The number of thiazole rings is 1. The number of aryl methyl sites for hydroxylation is 2. The molecule has 0 bridgehead atoms. The van der Waals surface area contributed by atoms with E-state index in [9.17, 15) is 9.90 Å². The number of nitrogens with one attached hydrogen (secondary N) is 1. The third-order valence-corrected chi connectivity index (χ3v) is 6.70. The van der Waals surface area contributed by atoms with E-state index >= 15 is 0 Å². The Morgan fingerprint density at radius 3 is 2.87 bits per heavy atom. The molecule has 0 aliphatic carbocycles. The van der Waals surface area contributed by atoms with Gasteiger partial charge < -0.3 is 15.0 Å². The summed E-state index contributed by atoms with van der Waals surface area (Å²) in [5.41, 5.74) is 4.94. The predicted octanol–water partition coefficient (Wildman–Crippen LogP) is 4.02. The van der Waals surface area contributed by atoms with Crippen molar-refractivity contribution in [2.45, 2.75) is 25.9 Å². The molecule has 1 saturated heterocycles. The molecule has 1 aromatic carbocycles. The number of carbonyl (C=O) groups excluding carboxylic acids is 1. The number of amides is 1. The van der Waals surface area contributed by atoms with Crippen molar-refractivity contribution in [3.8, 4) is 21.8 Å². The first kappa shape index (κ1) is 19.0. The second kappa shape index (κ2) is 6.75. The number of benzene rings is 1. The van der Waals surface area contributed by atoms with E-state index in [-0.39, 0.29) is 5.91 Å². The number of rotatable bonds is 3. The van der Waals surface area contributed by atoms with E-state index in [0.717, 1.165) is 44.1 Å². The van der Waals surface area contributed by atoms with Crippen molar-refractivity contribution in [1.82, 2.24) is 19.9 Å². The van der Waals surface area contributed by atoms with Gasteiger partial charge >= 0.3 is 0 Å². The summed E-state index contributed by atoms with van der Waals surface area (Å²) in [5.74, 6) is -0.254. The number of fused-ring (bicyclic) bond motifs is 1. The molecule has 1 aliphatic heterocycles. The summed E-state index contributed by atoms with van der Waals surface area (Å²) in [6, 6.07) is 9.65. The molecule has 152 valence electrons. The quantitative estimate of drug-likeness (QED) is 0.526. The molecule has 1 aliphatic rings. The van der Waals surface area contributed by atoms with Gasteiger partial charge in [-0.2, -0.15) is 0 Å². The van der Waals surface area contributed by atoms with Crippen LogP contribution in [0.1, 0.15) is 23.2 Å². The molecule has 0 radical (unpaired) electrons. The Balaban J connectivity index is 1.55. The van der Waals surface area contributed by atoms with Crippen LogP contribution in [0.2, 0.25) is 0 Å². The number of likely N-dealkylation sites (N-methyl/N-ethyl adjacent to an activating group) is 1. The van der Waals surface area contributed by atoms with Crippen molar-refractivity contribution in [1.29, 1.82) is 0 Å². The summed E-state index contributed by atoms with van der Waals surface area (Å²) in [7, 11) is 1.72. The smallest absolute Gasteiger partial charge is 0.258 e. The van der Waals surface area contributed by atoms with E-state index in [1.165, 1.54) is 0 Å². The van der Waals surface area contributed by atoms with Crippen LogP contribution in [0, 0.1) is 13.8 Å². The van der Waals surface area contributed by atoms with Gasteiger partial charge in [-0.05, 0) is 37.1 Å². The second-order valence-corrected chi connectivity index (χ2v) is 8.85. The minimum Gasteiger partial charge on any atom is -0.375 e. The fraction of sp³-hybridized carbons (Fsp3) is 0.261. The highest BCUT2D eigenvalue weighted by Gasteiger charge is 2.45. The van der Waals surface area contributed by atoms with Gasteiger partial charge in [0.15, 0.2) is 5.60 Å².